The maximum atomic E-state index is 5.10. The van der Waals surface area contributed by atoms with Gasteiger partial charge in [0.15, 0.2) is 0 Å². The number of hydrogen-bond donors (Lipinski definition) is 1. The van der Waals surface area contributed by atoms with Gasteiger partial charge in [0.1, 0.15) is 0 Å². The standard InChI is InChI=1S/C10H19N5OS2.Ni/c1-5-6-16-10(18)15-13-8(3)7(2)12-14-9(17)11-4;/h5-6H2,1-4H3,(H,15,18)(H2,11,14,17);/q;+2/p-2/b12-7+,13-8+;. The fourth-order valence-corrected chi connectivity index (χ4v) is 0.814. The van der Waals surface area contributed by atoms with Crippen LogP contribution in [0.2, 0.25) is 0 Å². The third-order valence-corrected chi connectivity index (χ3v) is 2.22. The molecule has 9 heteroatoms. The van der Waals surface area contributed by atoms with E-state index in [2.05, 4.69) is 25.7 Å². The van der Waals surface area contributed by atoms with E-state index < -0.39 is 0 Å². The van der Waals surface area contributed by atoms with Gasteiger partial charge in [-0.2, -0.15) is 15.3 Å². The normalized spacial score (nSPS) is 13.9. The predicted molar refractivity (Wildman–Crippen MR) is 81.1 cm³/mol. The minimum atomic E-state index is 0. The van der Waals surface area contributed by atoms with Crippen molar-refractivity contribution in [2.24, 2.45) is 20.4 Å². The van der Waals surface area contributed by atoms with Crippen LogP contribution in [0.3, 0.4) is 0 Å². The van der Waals surface area contributed by atoms with Crippen LogP contribution >= 0.6 is 0 Å². The van der Waals surface area contributed by atoms with Gasteiger partial charge in [0, 0.05) is 7.05 Å². The van der Waals surface area contributed by atoms with Gasteiger partial charge in [-0.15, -0.1) is 5.10 Å². The molecule has 0 aliphatic heterocycles. The average molecular weight is 346 g/mol. The fourth-order valence-electron chi connectivity index (χ4n) is 0.649. The molecule has 0 bridgehead atoms. The molecule has 0 atom stereocenters. The van der Waals surface area contributed by atoms with Crippen molar-refractivity contribution in [1.29, 1.82) is 0 Å². The SMILES string of the molecule is CCCO/C([S-])=N/N=C(C)/C(C)=N/N=C(\[S-])NC.[Ni+2]. The molecule has 0 spiro atoms. The Kier molecular flexibility index (Phi) is 13.2. The summed E-state index contributed by atoms with van der Waals surface area (Å²) in [6.45, 7) is 6.03. The molecule has 0 saturated carbocycles. The zero-order chi connectivity index (χ0) is 14.0. The fraction of sp³-hybridized carbons (Fsp3) is 0.600. The Labute approximate surface area is 135 Å². The topological polar surface area (TPSA) is 70.7 Å². The van der Waals surface area contributed by atoms with E-state index in [0.717, 1.165) is 6.42 Å². The summed E-state index contributed by atoms with van der Waals surface area (Å²) in [5.74, 6) is 0. The molecule has 0 rings (SSSR count). The monoisotopic (exact) mass is 345 g/mol. The quantitative estimate of drug-likeness (QED) is 0.267. The maximum absolute atomic E-state index is 5.10. The Bertz CT molecular complexity index is 382. The Balaban J connectivity index is 0. The number of rotatable bonds is 5. The summed E-state index contributed by atoms with van der Waals surface area (Å²) in [5, 5.41) is 18.4. The van der Waals surface area contributed by atoms with Gasteiger partial charge >= 0.3 is 16.5 Å². The molecule has 110 valence electrons. The second-order valence-electron chi connectivity index (χ2n) is 3.24. The molecule has 0 radical (unpaired) electrons. The molecule has 0 aliphatic carbocycles. The maximum Gasteiger partial charge on any atom is 2.00 e. The molecule has 0 heterocycles. The van der Waals surface area contributed by atoms with Crippen LogP contribution in [0.15, 0.2) is 20.4 Å². The van der Waals surface area contributed by atoms with Crippen molar-refractivity contribution in [2.75, 3.05) is 13.7 Å². The van der Waals surface area contributed by atoms with Crippen molar-refractivity contribution in [3.05, 3.63) is 0 Å². The van der Waals surface area contributed by atoms with Gasteiger partial charge in [-0.05, 0) is 25.4 Å². The molecule has 1 N–H and O–H groups in total. The first kappa shape index (κ1) is 20.5. The smallest absolute Gasteiger partial charge is 0.741 e. The van der Waals surface area contributed by atoms with E-state index in [1.165, 1.54) is 0 Å². The van der Waals surface area contributed by atoms with Crippen LogP contribution in [0, 0.1) is 0 Å². The van der Waals surface area contributed by atoms with Crippen molar-refractivity contribution < 1.29 is 21.2 Å². The van der Waals surface area contributed by atoms with Crippen LogP contribution in [0.4, 0.5) is 0 Å². The van der Waals surface area contributed by atoms with Gasteiger partial charge in [-0.3, -0.25) is 0 Å². The molecule has 0 aromatic carbocycles. The van der Waals surface area contributed by atoms with Crippen LogP contribution in [0.5, 0.6) is 0 Å². The molecule has 0 unspecified atom stereocenters. The van der Waals surface area contributed by atoms with Gasteiger partial charge in [-0.1, -0.05) is 6.92 Å². The number of nitrogens with zero attached hydrogens (tertiary/aromatic N) is 4. The van der Waals surface area contributed by atoms with Gasteiger partial charge in [0.05, 0.1) is 23.3 Å². The van der Waals surface area contributed by atoms with Gasteiger partial charge in [-0.25, -0.2) is 0 Å². The molecule has 0 aromatic heterocycles. The van der Waals surface area contributed by atoms with Crippen molar-refractivity contribution in [2.45, 2.75) is 27.2 Å². The molecule has 0 amide bonds. The summed E-state index contributed by atoms with van der Waals surface area (Å²) in [7, 11) is 1.68. The summed E-state index contributed by atoms with van der Waals surface area (Å²) in [6, 6.07) is 0. The van der Waals surface area contributed by atoms with E-state index in [0.29, 0.717) is 23.2 Å². The van der Waals surface area contributed by atoms with Gasteiger partial charge in [0.25, 0.3) is 0 Å². The van der Waals surface area contributed by atoms with Gasteiger partial charge < -0.3 is 35.3 Å². The largest absolute Gasteiger partial charge is 2.00 e. The Morgan fingerprint density at radius 1 is 1.05 bits per heavy atom. The molecule has 6 nitrogen and oxygen atoms in total. The molecular formula is C10H17N5NiOS2. The molecule has 0 saturated heterocycles. The van der Waals surface area contributed by atoms with E-state index in [1.807, 2.05) is 6.92 Å². The van der Waals surface area contributed by atoms with Crippen LogP contribution < -0.4 is 5.32 Å². The Morgan fingerprint density at radius 2 is 1.58 bits per heavy atom. The summed E-state index contributed by atoms with van der Waals surface area (Å²) in [4.78, 5) is 0. The molecule has 0 aromatic rings. The van der Waals surface area contributed by atoms with Crippen molar-refractivity contribution in [3.8, 4) is 0 Å². The van der Waals surface area contributed by atoms with Crippen molar-refractivity contribution in [3.63, 3.8) is 0 Å². The van der Waals surface area contributed by atoms with E-state index in [4.69, 9.17) is 30.0 Å². The first-order valence-electron chi connectivity index (χ1n) is 5.40. The summed E-state index contributed by atoms with van der Waals surface area (Å²) < 4.78 is 5.10. The van der Waals surface area contributed by atoms with Crippen LogP contribution in [-0.4, -0.2) is 35.5 Å². The minimum Gasteiger partial charge on any atom is -0.741 e. The Morgan fingerprint density at radius 3 is 2.05 bits per heavy atom. The Hall–Kier alpha value is -0.786. The molecule has 0 aliphatic rings. The van der Waals surface area contributed by atoms with E-state index in [-0.39, 0.29) is 21.7 Å². The third-order valence-electron chi connectivity index (χ3n) is 1.74. The van der Waals surface area contributed by atoms with Gasteiger partial charge in [0.2, 0.25) is 0 Å². The number of ether oxygens (including phenoxy) is 1. The van der Waals surface area contributed by atoms with Crippen LogP contribution in [0.1, 0.15) is 27.2 Å². The number of amidine groups is 1. The first-order valence-corrected chi connectivity index (χ1v) is 6.22. The molecular weight excluding hydrogens is 329 g/mol. The van der Waals surface area contributed by atoms with E-state index >= 15 is 0 Å². The first-order chi connectivity index (χ1) is 8.51. The van der Waals surface area contributed by atoms with Crippen LogP contribution in [-0.2, 0) is 46.5 Å². The second kappa shape index (κ2) is 12.3. The summed E-state index contributed by atoms with van der Waals surface area (Å²) >= 11 is 9.68. The number of nitrogens with one attached hydrogen (secondary N) is 1. The third kappa shape index (κ3) is 10.8. The predicted octanol–water partition coefficient (Wildman–Crippen LogP) is 1.19. The van der Waals surface area contributed by atoms with E-state index in [9.17, 15) is 0 Å². The number of hydrogen-bond acceptors (Lipinski definition) is 7. The molecule has 19 heavy (non-hydrogen) atoms. The van der Waals surface area contributed by atoms with Crippen LogP contribution in [0.25, 0.3) is 0 Å². The molecule has 0 fully saturated rings. The second-order valence-corrected chi connectivity index (χ2v) is 3.98. The van der Waals surface area contributed by atoms with E-state index in [1.54, 1.807) is 20.9 Å². The average Bonchev–Trinajstić information content (AvgIpc) is 2.38. The zero-order valence-electron chi connectivity index (χ0n) is 11.2. The van der Waals surface area contributed by atoms with Crippen molar-refractivity contribution in [1.82, 2.24) is 5.32 Å². The summed E-state index contributed by atoms with van der Waals surface area (Å²) in [6.07, 6.45) is 0.874. The zero-order valence-corrected chi connectivity index (χ0v) is 13.9. The minimum absolute atomic E-state index is 0. The van der Waals surface area contributed by atoms with Crippen molar-refractivity contribution >= 4 is 47.1 Å². The summed E-state index contributed by atoms with van der Waals surface area (Å²) in [5.41, 5.74) is 1.20.